The van der Waals surface area contributed by atoms with Crippen molar-refractivity contribution in [2.24, 2.45) is 0 Å². The Kier molecular flexibility index (Phi) is 7.49. The highest BCUT2D eigenvalue weighted by atomic mass is 16.5. The molecule has 0 aliphatic heterocycles. The molecule has 0 bridgehead atoms. The van der Waals surface area contributed by atoms with Crippen molar-refractivity contribution in [1.82, 2.24) is 9.55 Å². The summed E-state index contributed by atoms with van der Waals surface area (Å²) in [6, 6.07) is 0.562. The molecule has 1 aromatic heterocycles. The van der Waals surface area contributed by atoms with Gasteiger partial charge in [0.1, 0.15) is 0 Å². The molecule has 0 amide bonds. The number of imidazole rings is 1. The summed E-state index contributed by atoms with van der Waals surface area (Å²) in [7, 11) is 0. The summed E-state index contributed by atoms with van der Waals surface area (Å²) in [6.45, 7) is 9.02. The first-order chi connectivity index (χ1) is 8.83. The lowest BCUT2D eigenvalue weighted by atomic mass is 10.1. The van der Waals surface area contributed by atoms with E-state index in [9.17, 15) is 0 Å². The van der Waals surface area contributed by atoms with E-state index in [1.165, 1.54) is 12.8 Å². The van der Waals surface area contributed by atoms with Crippen molar-refractivity contribution in [2.75, 3.05) is 25.1 Å². The standard InChI is InChI=1S/C14H27N3O/c1-4-8-13(5-2)17-11-10-16-14(17)15-9-7-12-18-6-3/h10-11,13H,4-9,12H2,1-3H3,(H,15,16). The smallest absolute Gasteiger partial charge is 0.203 e. The van der Waals surface area contributed by atoms with Crippen LogP contribution in [0, 0.1) is 0 Å². The molecule has 1 heterocycles. The summed E-state index contributed by atoms with van der Waals surface area (Å²) < 4.78 is 7.59. The third-order valence-electron chi connectivity index (χ3n) is 3.11. The lowest BCUT2D eigenvalue weighted by Crippen LogP contribution is -2.14. The third kappa shape index (κ3) is 4.69. The fourth-order valence-corrected chi connectivity index (χ4v) is 2.14. The maximum atomic E-state index is 5.32. The minimum absolute atomic E-state index is 0.562. The minimum Gasteiger partial charge on any atom is -0.382 e. The van der Waals surface area contributed by atoms with Gasteiger partial charge in [0.2, 0.25) is 5.95 Å². The van der Waals surface area contributed by atoms with Gasteiger partial charge in [-0.3, -0.25) is 0 Å². The van der Waals surface area contributed by atoms with E-state index < -0.39 is 0 Å². The van der Waals surface area contributed by atoms with Crippen LogP contribution in [0.1, 0.15) is 52.5 Å². The van der Waals surface area contributed by atoms with Gasteiger partial charge in [0.15, 0.2) is 0 Å². The van der Waals surface area contributed by atoms with Gasteiger partial charge in [-0.25, -0.2) is 4.98 Å². The summed E-state index contributed by atoms with van der Waals surface area (Å²) in [5, 5.41) is 3.40. The van der Waals surface area contributed by atoms with E-state index in [1.54, 1.807) is 0 Å². The molecule has 104 valence electrons. The van der Waals surface area contributed by atoms with Gasteiger partial charge >= 0.3 is 0 Å². The van der Waals surface area contributed by atoms with Gasteiger partial charge in [0.25, 0.3) is 0 Å². The van der Waals surface area contributed by atoms with E-state index in [0.29, 0.717) is 6.04 Å². The molecule has 4 heteroatoms. The highest BCUT2D eigenvalue weighted by Crippen LogP contribution is 2.21. The molecule has 4 nitrogen and oxygen atoms in total. The zero-order chi connectivity index (χ0) is 13.2. The molecule has 0 saturated heterocycles. The first-order valence-corrected chi connectivity index (χ1v) is 7.17. The molecule has 0 fully saturated rings. The fraction of sp³-hybridized carbons (Fsp3) is 0.786. The van der Waals surface area contributed by atoms with Crippen LogP contribution >= 0.6 is 0 Å². The second-order valence-corrected chi connectivity index (χ2v) is 4.49. The van der Waals surface area contributed by atoms with Gasteiger partial charge in [0.05, 0.1) is 0 Å². The van der Waals surface area contributed by atoms with Crippen molar-refractivity contribution >= 4 is 5.95 Å². The van der Waals surface area contributed by atoms with Crippen LogP contribution in [-0.2, 0) is 4.74 Å². The van der Waals surface area contributed by atoms with Crippen molar-refractivity contribution in [3.05, 3.63) is 12.4 Å². The second kappa shape index (κ2) is 8.97. The van der Waals surface area contributed by atoms with Gasteiger partial charge in [-0.15, -0.1) is 0 Å². The fourth-order valence-electron chi connectivity index (χ4n) is 2.14. The van der Waals surface area contributed by atoms with Crippen LogP contribution in [0.15, 0.2) is 12.4 Å². The van der Waals surface area contributed by atoms with E-state index >= 15 is 0 Å². The minimum atomic E-state index is 0.562. The average Bonchev–Trinajstić information content (AvgIpc) is 2.84. The summed E-state index contributed by atoms with van der Waals surface area (Å²) in [4.78, 5) is 4.40. The number of ether oxygens (including phenoxy) is 1. The molecule has 1 aromatic rings. The van der Waals surface area contributed by atoms with E-state index in [1.807, 2.05) is 13.1 Å². The van der Waals surface area contributed by atoms with Crippen LogP contribution in [0.4, 0.5) is 5.95 Å². The van der Waals surface area contributed by atoms with Gasteiger partial charge in [-0.1, -0.05) is 20.3 Å². The van der Waals surface area contributed by atoms with Crippen LogP contribution in [-0.4, -0.2) is 29.3 Å². The molecule has 18 heavy (non-hydrogen) atoms. The van der Waals surface area contributed by atoms with Gasteiger partial charge < -0.3 is 14.6 Å². The van der Waals surface area contributed by atoms with Gasteiger partial charge in [-0.2, -0.15) is 0 Å². The Hall–Kier alpha value is -1.03. The summed E-state index contributed by atoms with van der Waals surface area (Å²) in [5.41, 5.74) is 0. The van der Waals surface area contributed by atoms with Crippen LogP contribution in [0.2, 0.25) is 0 Å². The van der Waals surface area contributed by atoms with Crippen LogP contribution in [0.3, 0.4) is 0 Å². The predicted molar refractivity (Wildman–Crippen MR) is 76.1 cm³/mol. The molecule has 0 aliphatic rings. The lowest BCUT2D eigenvalue weighted by molar-refractivity contribution is 0.147. The number of aromatic nitrogens is 2. The van der Waals surface area contributed by atoms with Crippen LogP contribution in [0.25, 0.3) is 0 Å². The maximum absolute atomic E-state index is 5.32. The molecule has 0 spiro atoms. The number of nitrogens with zero attached hydrogens (tertiary/aromatic N) is 2. The Morgan fingerprint density at radius 2 is 2.22 bits per heavy atom. The second-order valence-electron chi connectivity index (χ2n) is 4.49. The van der Waals surface area contributed by atoms with Gasteiger partial charge in [-0.05, 0) is 26.2 Å². The largest absolute Gasteiger partial charge is 0.382 e. The Morgan fingerprint density at radius 1 is 1.39 bits per heavy atom. The Bertz CT molecular complexity index is 312. The van der Waals surface area contributed by atoms with Crippen molar-refractivity contribution in [2.45, 2.75) is 52.5 Å². The molecule has 0 radical (unpaired) electrons. The molecule has 1 atom stereocenters. The Labute approximate surface area is 111 Å². The highest BCUT2D eigenvalue weighted by Gasteiger charge is 2.11. The van der Waals surface area contributed by atoms with Gasteiger partial charge in [0, 0.05) is 38.2 Å². The highest BCUT2D eigenvalue weighted by molar-refractivity contribution is 5.26. The quantitative estimate of drug-likeness (QED) is 0.649. The van der Waals surface area contributed by atoms with E-state index in [-0.39, 0.29) is 0 Å². The summed E-state index contributed by atoms with van der Waals surface area (Å²) >= 11 is 0. The number of anilines is 1. The molecule has 0 aliphatic carbocycles. The predicted octanol–water partition coefficient (Wildman–Crippen LogP) is 3.47. The molecule has 1 N–H and O–H groups in total. The van der Waals surface area contributed by atoms with Crippen molar-refractivity contribution < 1.29 is 4.74 Å². The van der Waals surface area contributed by atoms with Crippen molar-refractivity contribution in [1.29, 1.82) is 0 Å². The molecular weight excluding hydrogens is 226 g/mol. The normalized spacial score (nSPS) is 12.6. The molecule has 0 aromatic carbocycles. The summed E-state index contributed by atoms with van der Waals surface area (Å²) in [5.74, 6) is 0.992. The van der Waals surface area contributed by atoms with Crippen LogP contribution in [0.5, 0.6) is 0 Å². The third-order valence-corrected chi connectivity index (χ3v) is 3.11. The SMILES string of the molecule is CCCC(CC)n1ccnc1NCCCOCC. The number of nitrogens with one attached hydrogen (secondary N) is 1. The Morgan fingerprint density at radius 3 is 2.89 bits per heavy atom. The first-order valence-electron chi connectivity index (χ1n) is 7.17. The van der Waals surface area contributed by atoms with E-state index in [2.05, 4.69) is 34.9 Å². The van der Waals surface area contributed by atoms with Crippen molar-refractivity contribution in [3.63, 3.8) is 0 Å². The number of rotatable bonds is 10. The maximum Gasteiger partial charge on any atom is 0.203 e. The zero-order valence-corrected chi connectivity index (χ0v) is 12.0. The number of hydrogen-bond acceptors (Lipinski definition) is 3. The average molecular weight is 253 g/mol. The monoisotopic (exact) mass is 253 g/mol. The molecule has 1 rings (SSSR count). The molecular formula is C14H27N3O. The first kappa shape index (κ1) is 15.0. The summed E-state index contributed by atoms with van der Waals surface area (Å²) in [6.07, 6.45) is 8.54. The van der Waals surface area contributed by atoms with E-state index in [4.69, 9.17) is 4.74 Å². The van der Waals surface area contributed by atoms with Crippen molar-refractivity contribution in [3.8, 4) is 0 Å². The molecule has 1 unspecified atom stereocenters. The topological polar surface area (TPSA) is 39.1 Å². The van der Waals surface area contributed by atoms with Crippen LogP contribution < -0.4 is 5.32 Å². The number of hydrogen-bond donors (Lipinski definition) is 1. The zero-order valence-electron chi connectivity index (χ0n) is 12.0. The lowest BCUT2D eigenvalue weighted by Gasteiger charge is -2.19. The molecule has 0 saturated carbocycles. The Balaban J connectivity index is 2.43. The van der Waals surface area contributed by atoms with E-state index in [0.717, 1.165) is 38.5 Å².